The van der Waals surface area contributed by atoms with E-state index in [4.69, 9.17) is 14.7 Å². The average Bonchev–Trinajstić information content (AvgIpc) is 2.72. The number of alkyl halides is 10. The van der Waals surface area contributed by atoms with Gasteiger partial charge in [-0.3, -0.25) is 0 Å². The molecule has 0 atom stereocenters. The summed E-state index contributed by atoms with van der Waals surface area (Å²) in [4.78, 5) is 0. The molecule has 3 nitrogen and oxygen atoms in total. The molecule has 0 fully saturated rings. The molecule has 0 heterocycles. The third-order valence-corrected chi connectivity index (χ3v) is 5.19. The van der Waals surface area contributed by atoms with E-state index in [2.05, 4.69) is 0 Å². The van der Waals surface area contributed by atoms with Crippen LogP contribution >= 0.6 is 0 Å². The van der Waals surface area contributed by atoms with Crippen LogP contribution < -0.4 is 0 Å². The van der Waals surface area contributed by atoms with Gasteiger partial charge in [0.1, 0.15) is 0 Å². The number of hydrogen-bond acceptors (Lipinski definition) is 3. The van der Waals surface area contributed by atoms with Crippen LogP contribution in [-0.2, 0) is 9.47 Å². The summed E-state index contributed by atoms with van der Waals surface area (Å²) in [5.41, 5.74) is 0. The molecule has 0 rings (SSSR count). The molecule has 13 heteroatoms. The Morgan fingerprint density at radius 2 is 0.943 bits per heavy atom. The molecule has 0 N–H and O–H groups in total. The van der Waals surface area contributed by atoms with Gasteiger partial charge in [-0.1, -0.05) is 25.7 Å². The van der Waals surface area contributed by atoms with Crippen molar-refractivity contribution in [3.8, 4) is 6.07 Å². The molecule has 208 valence electrons. The van der Waals surface area contributed by atoms with Gasteiger partial charge in [0.2, 0.25) is 0 Å². The van der Waals surface area contributed by atoms with Gasteiger partial charge in [-0.15, -0.1) is 0 Å². The van der Waals surface area contributed by atoms with Crippen LogP contribution in [0, 0.1) is 11.3 Å². The van der Waals surface area contributed by atoms with Crippen LogP contribution in [0.15, 0.2) is 0 Å². The smallest absolute Gasteiger partial charge is 0.353 e. The minimum absolute atomic E-state index is 0.177. The number of hydrogen-bond donors (Lipinski definition) is 0. The highest BCUT2D eigenvalue weighted by Gasteiger charge is 2.57. The van der Waals surface area contributed by atoms with Crippen LogP contribution in [0.2, 0.25) is 0 Å². The lowest BCUT2D eigenvalue weighted by atomic mass is 10.1. The van der Waals surface area contributed by atoms with Crippen LogP contribution in [0.3, 0.4) is 0 Å². The number of halogens is 10. The minimum Gasteiger partial charge on any atom is -0.353 e. The van der Waals surface area contributed by atoms with Crippen molar-refractivity contribution >= 4 is 0 Å². The molecular formula is C22H33F10NO2. The summed E-state index contributed by atoms with van der Waals surface area (Å²) in [5, 5.41) is 8.58. The van der Waals surface area contributed by atoms with E-state index in [1.165, 1.54) is 0 Å². The zero-order chi connectivity index (χ0) is 27.0. The minimum atomic E-state index is -5.56. The van der Waals surface area contributed by atoms with Crippen molar-refractivity contribution in [3.63, 3.8) is 0 Å². The lowest BCUT2D eigenvalue weighted by Gasteiger charge is -2.20. The molecule has 0 bridgehead atoms. The second kappa shape index (κ2) is 16.5. The average molecular weight is 533 g/mol. The lowest BCUT2D eigenvalue weighted by molar-refractivity contribution is -0.284. The molecule has 0 unspecified atom stereocenters. The molecule has 0 aromatic heterocycles. The normalized spacial score (nSPS) is 13.4. The van der Waals surface area contributed by atoms with Crippen LogP contribution in [0.4, 0.5) is 43.9 Å². The third-order valence-electron chi connectivity index (χ3n) is 5.19. The maximum Gasteiger partial charge on any atom is 0.453 e. The Balaban J connectivity index is 4.11. The highest BCUT2D eigenvalue weighted by Crippen LogP contribution is 2.40. The molecule has 0 aromatic rings. The van der Waals surface area contributed by atoms with Crippen molar-refractivity contribution in [1.29, 1.82) is 5.26 Å². The summed E-state index contributed by atoms with van der Waals surface area (Å²) in [7, 11) is 0. The Morgan fingerprint density at radius 3 is 1.31 bits per heavy atom. The van der Waals surface area contributed by atoms with Crippen molar-refractivity contribution in [2.75, 3.05) is 13.2 Å². The van der Waals surface area contributed by atoms with Crippen LogP contribution in [0.1, 0.15) is 89.9 Å². The lowest BCUT2D eigenvalue weighted by Crippen LogP contribution is -2.36. The standard InChI is InChI=1S/C22H33F10NO2/c23-19(24,21(27,28)29)13-7-1-3-10-16-34-18(12-6-5-9-15-33)35-17-11-4-2-8-14-20(25,26)22(30,31)32/h18H,1-14,16-17H2. The van der Waals surface area contributed by atoms with Gasteiger partial charge in [0.15, 0.2) is 6.29 Å². The van der Waals surface area contributed by atoms with E-state index < -0.39 is 43.3 Å². The SMILES string of the molecule is N#CCCCCC(OCCCCCCC(F)(F)C(F)(F)F)OCCCCCCC(F)(F)C(F)(F)F. The predicted molar refractivity (Wildman–Crippen MR) is 108 cm³/mol. The largest absolute Gasteiger partial charge is 0.453 e. The molecule has 35 heavy (non-hydrogen) atoms. The van der Waals surface area contributed by atoms with E-state index in [-0.39, 0.29) is 38.9 Å². The Labute approximate surface area is 199 Å². The van der Waals surface area contributed by atoms with E-state index >= 15 is 0 Å². The molecule has 0 saturated carbocycles. The van der Waals surface area contributed by atoms with Gasteiger partial charge in [-0.25, -0.2) is 0 Å². The van der Waals surface area contributed by atoms with Gasteiger partial charge in [0, 0.05) is 32.5 Å². The summed E-state index contributed by atoms with van der Waals surface area (Å²) >= 11 is 0. The fourth-order valence-corrected chi connectivity index (χ4v) is 3.05. The van der Waals surface area contributed by atoms with Crippen molar-refractivity contribution in [1.82, 2.24) is 0 Å². The second-order valence-electron chi connectivity index (χ2n) is 8.31. The summed E-state index contributed by atoms with van der Waals surface area (Å²) < 4.78 is 135. The summed E-state index contributed by atoms with van der Waals surface area (Å²) in [6.45, 7) is 0.371. The Morgan fingerprint density at radius 1 is 0.543 bits per heavy atom. The van der Waals surface area contributed by atoms with E-state index in [0.29, 0.717) is 51.4 Å². The van der Waals surface area contributed by atoms with Crippen LogP contribution in [0.25, 0.3) is 0 Å². The summed E-state index contributed by atoms with van der Waals surface area (Å²) in [5.74, 6) is -9.41. The van der Waals surface area contributed by atoms with Crippen molar-refractivity contribution < 1.29 is 53.4 Å². The maximum absolute atomic E-state index is 12.8. The van der Waals surface area contributed by atoms with Gasteiger partial charge >= 0.3 is 24.2 Å². The number of unbranched alkanes of at least 4 members (excludes halogenated alkanes) is 8. The van der Waals surface area contributed by atoms with E-state index in [0.717, 1.165) is 0 Å². The summed E-state index contributed by atoms with van der Waals surface area (Å²) in [6, 6.07) is 2.00. The first-order valence-corrected chi connectivity index (χ1v) is 11.6. The topological polar surface area (TPSA) is 42.2 Å². The molecular weight excluding hydrogens is 500 g/mol. The highest BCUT2D eigenvalue weighted by atomic mass is 19.4. The zero-order valence-corrected chi connectivity index (χ0v) is 19.4. The van der Waals surface area contributed by atoms with Crippen molar-refractivity contribution in [2.45, 2.75) is 120 Å². The molecule has 0 amide bonds. The Bertz CT molecular complexity index is 548. The quantitative estimate of drug-likeness (QED) is 0.0893. The number of nitrogens with zero attached hydrogens (tertiary/aromatic N) is 1. The van der Waals surface area contributed by atoms with Gasteiger partial charge in [0.25, 0.3) is 0 Å². The zero-order valence-electron chi connectivity index (χ0n) is 19.4. The monoisotopic (exact) mass is 533 g/mol. The fourth-order valence-electron chi connectivity index (χ4n) is 3.05. The van der Waals surface area contributed by atoms with E-state index in [9.17, 15) is 43.9 Å². The first kappa shape index (κ1) is 33.7. The third kappa shape index (κ3) is 15.4. The number of rotatable bonds is 20. The molecule has 0 saturated heterocycles. The molecule has 0 spiro atoms. The van der Waals surface area contributed by atoms with E-state index in [1.54, 1.807) is 0 Å². The Hall–Kier alpha value is -1.29. The Kier molecular flexibility index (Phi) is 15.8. The van der Waals surface area contributed by atoms with Gasteiger partial charge in [-0.2, -0.15) is 49.2 Å². The first-order chi connectivity index (χ1) is 16.1. The molecule has 0 radical (unpaired) electrons. The second-order valence-corrected chi connectivity index (χ2v) is 8.31. The maximum atomic E-state index is 12.8. The summed E-state index contributed by atoms with van der Waals surface area (Å²) in [6.07, 6.45) is -10.9. The van der Waals surface area contributed by atoms with Gasteiger partial charge < -0.3 is 9.47 Å². The van der Waals surface area contributed by atoms with Crippen molar-refractivity contribution in [3.05, 3.63) is 0 Å². The van der Waals surface area contributed by atoms with Crippen molar-refractivity contribution in [2.24, 2.45) is 0 Å². The highest BCUT2D eigenvalue weighted by molar-refractivity contribution is 4.76. The molecule has 0 aliphatic rings. The first-order valence-electron chi connectivity index (χ1n) is 11.6. The number of ether oxygens (including phenoxy) is 2. The molecule has 0 aromatic carbocycles. The predicted octanol–water partition coefficient (Wildman–Crippen LogP) is 8.73. The van der Waals surface area contributed by atoms with Gasteiger partial charge in [-0.05, 0) is 44.9 Å². The van der Waals surface area contributed by atoms with Crippen LogP contribution in [-0.4, -0.2) is 43.7 Å². The van der Waals surface area contributed by atoms with Crippen LogP contribution in [0.5, 0.6) is 0 Å². The molecule has 0 aliphatic heterocycles. The van der Waals surface area contributed by atoms with Gasteiger partial charge in [0.05, 0.1) is 6.07 Å². The van der Waals surface area contributed by atoms with E-state index in [1.807, 2.05) is 6.07 Å². The molecule has 0 aliphatic carbocycles. The number of nitriles is 1. The fraction of sp³-hybridized carbons (Fsp3) is 0.955.